The lowest BCUT2D eigenvalue weighted by Gasteiger charge is -2.07. The first-order chi connectivity index (χ1) is 8.21. The van der Waals surface area contributed by atoms with Crippen molar-refractivity contribution >= 4 is 17.6 Å². The summed E-state index contributed by atoms with van der Waals surface area (Å²) in [5.41, 5.74) is -1.05. The molecule has 0 atom stereocenters. The van der Waals surface area contributed by atoms with Gasteiger partial charge in [-0.25, -0.2) is 0 Å². The van der Waals surface area contributed by atoms with Crippen molar-refractivity contribution in [3.8, 4) is 0 Å². The molecule has 0 saturated heterocycles. The average molecular weight is 259 g/mol. The third-order valence-electron chi connectivity index (χ3n) is 2.02. The second-order valence-corrected chi connectivity index (χ2v) is 3.41. The molecule has 2 amide bonds. The highest BCUT2D eigenvalue weighted by atomic mass is 19.4. The largest absolute Gasteiger partial charge is 0.416 e. The summed E-state index contributed by atoms with van der Waals surface area (Å²) in [6.07, 6.45) is -4.50. The minimum Gasteiger partial charge on any atom is -0.289 e. The van der Waals surface area contributed by atoms with Gasteiger partial charge in [0.25, 0.3) is 11.8 Å². The van der Waals surface area contributed by atoms with Crippen LogP contribution in [0.1, 0.15) is 22.8 Å². The number of nitrogens with one attached hydrogen (secondary N) is 1. The van der Waals surface area contributed by atoms with E-state index in [4.69, 9.17) is 0 Å². The fourth-order valence-corrected chi connectivity index (χ4v) is 1.07. The second-order valence-electron chi connectivity index (χ2n) is 3.41. The minimum atomic E-state index is -4.50. The van der Waals surface area contributed by atoms with Crippen LogP contribution in [0.2, 0.25) is 0 Å². The maximum absolute atomic E-state index is 12.2. The van der Waals surface area contributed by atoms with Crippen LogP contribution < -0.4 is 5.32 Å². The smallest absolute Gasteiger partial charge is 0.289 e. The molecule has 0 spiro atoms. The normalized spacial score (nSPS) is 10.9. The number of hydrogen-bond donors (Lipinski definition) is 1. The molecule has 96 valence electrons. The number of Topliss-reactive ketones (excluding diaryl/α,β-unsaturated/α-hetero) is 1. The van der Waals surface area contributed by atoms with Crippen molar-refractivity contribution in [3.63, 3.8) is 0 Å². The molecule has 0 saturated carbocycles. The Kier molecular flexibility index (Phi) is 3.85. The SMILES string of the molecule is CC(=O)C(=O)NC(=O)c1ccc(C(F)(F)F)cc1. The van der Waals surface area contributed by atoms with Gasteiger partial charge < -0.3 is 0 Å². The summed E-state index contributed by atoms with van der Waals surface area (Å²) < 4.78 is 36.7. The molecule has 0 radical (unpaired) electrons. The summed E-state index contributed by atoms with van der Waals surface area (Å²) in [5, 5.41) is 1.75. The third kappa shape index (κ3) is 3.41. The zero-order valence-corrected chi connectivity index (χ0v) is 9.17. The lowest BCUT2D eigenvalue weighted by molar-refractivity contribution is -0.137. The molecule has 0 aliphatic rings. The first kappa shape index (κ1) is 13.9. The number of hydrogen-bond acceptors (Lipinski definition) is 3. The van der Waals surface area contributed by atoms with Crippen molar-refractivity contribution in [2.45, 2.75) is 13.1 Å². The highest BCUT2D eigenvalue weighted by molar-refractivity contribution is 6.38. The van der Waals surface area contributed by atoms with Crippen LogP contribution in [0.15, 0.2) is 24.3 Å². The maximum Gasteiger partial charge on any atom is 0.416 e. The lowest BCUT2D eigenvalue weighted by Crippen LogP contribution is -2.34. The highest BCUT2D eigenvalue weighted by Gasteiger charge is 2.30. The van der Waals surface area contributed by atoms with E-state index in [0.717, 1.165) is 19.1 Å². The van der Waals surface area contributed by atoms with Gasteiger partial charge in [0.15, 0.2) is 0 Å². The Morgan fingerprint density at radius 1 is 1.06 bits per heavy atom. The third-order valence-corrected chi connectivity index (χ3v) is 2.02. The number of halogens is 3. The van der Waals surface area contributed by atoms with Gasteiger partial charge in [0, 0.05) is 12.5 Å². The quantitative estimate of drug-likeness (QED) is 0.819. The van der Waals surface area contributed by atoms with Gasteiger partial charge in [-0.2, -0.15) is 13.2 Å². The van der Waals surface area contributed by atoms with E-state index in [0.29, 0.717) is 12.1 Å². The number of amides is 2. The topological polar surface area (TPSA) is 63.2 Å². The van der Waals surface area contributed by atoms with Crippen LogP contribution in [0, 0.1) is 0 Å². The number of benzene rings is 1. The Labute approximate surface area is 99.8 Å². The molecule has 1 aromatic rings. The minimum absolute atomic E-state index is 0.141. The standard InChI is InChI=1S/C11H8F3NO3/c1-6(16)9(17)15-10(18)7-2-4-8(5-3-7)11(12,13)14/h2-5H,1H3,(H,15,17,18). The van der Waals surface area contributed by atoms with E-state index in [1.54, 1.807) is 5.32 Å². The fraction of sp³-hybridized carbons (Fsp3) is 0.182. The van der Waals surface area contributed by atoms with E-state index < -0.39 is 29.3 Å². The van der Waals surface area contributed by atoms with Gasteiger partial charge in [-0.15, -0.1) is 0 Å². The molecule has 1 rings (SSSR count). The first-order valence-corrected chi connectivity index (χ1v) is 4.75. The zero-order valence-electron chi connectivity index (χ0n) is 9.17. The maximum atomic E-state index is 12.2. The van der Waals surface area contributed by atoms with Gasteiger partial charge in [-0.05, 0) is 24.3 Å². The Bertz CT molecular complexity index is 491. The van der Waals surface area contributed by atoms with Crippen LogP contribution in [0.5, 0.6) is 0 Å². The van der Waals surface area contributed by atoms with Gasteiger partial charge in [0.2, 0.25) is 5.78 Å². The van der Waals surface area contributed by atoms with Crippen molar-refractivity contribution < 1.29 is 27.6 Å². The molecular weight excluding hydrogens is 251 g/mol. The van der Waals surface area contributed by atoms with E-state index in [1.807, 2.05) is 0 Å². The molecule has 1 aromatic carbocycles. The predicted octanol–water partition coefficient (Wildman–Crippen LogP) is 1.55. The lowest BCUT2D eigenvalue weighted by atomic mass is 10.1. The number of imide groups is 1. The Morgan fingerprint density at radius 2 is 1.56 bits per heavy atom. The summed E-state index contributed by atoms with van der Waals surface area (Å²) in [5.74, 6) is -2.90. The monoisotopic (exact) mass is 259 g/mol. The van der Waals surface area contributed by atoms with Crippen molar-refractivity contribution in [3.05, 3.63) is 35.4 Å². The summed E-state index contributed by atoms with van der Waals surface area (Å²) in [7, 11) is 0. The van der Waals surface area contributed by atoms with Gasteiger partial charge >= 0.3 is 6.18 Å². The van der Waals surface area contributed by atoms with Crippen LogP contribution in [0.4, 0.5) is 13.2 Å². The van der Waals surface area contributed by atoms with Crippen molar-refractivity contribution in [1.29, 1.82) is 0 Å². The molecule has 0 bridgehead atoms. The first-order valence-electron chi connectivity index (χ1n) is 4.75. The van der Waals surface area contributed by atoms with Crippen molar-refractivity contribution in [2.75, 3.05) is 0 Å². The molecule has 0 aromatic heterocycles. The van der Waals surface area contributed by atoms with E-state index in [-0.39, 0.29) is 5.56 Å². The highest BCUT2D eigenvalue weighted by Crippen LogP contribution is 2.28. The van der Waals surface area contributed by atoms with E-state index in [1.165, 1.54) is 0 Å². The molecule has 0 aliphatic carbocycles. The van der Waals surface area contributed by atoms with Gasteiger partial charge in [-0.3, -0.25) is 19.7 Å². The van der Waals surface area contributed by atoms with E-state index >= 15 is 0 Å². The Balaban J connectivity index is 2.83. The van der Waals surface area contributed by atoms with E-state index in [2.05, 4.69) is 0 Å². The summed E-state index contributed by atoms with van der Waals surface area (Å²) in [6, 6.07) is 3.28. The van der Waals surface area contributed by atoms with Crippen molar-refractivity contribution in [1.82, 2.24) is 5.32 Å². The molecule has 7 heteroatoms. The number of carbonyl (C=O) groups is 3. The number of alkyl halides is 3. The molecular formula is C11H8F3NO3. The van der Waals surface area contributed by atoms with Gasteiger partial charge in [-0.1, -0.05) is 0 Å². The van der Waals surface area contributed by atoms with E-state index in [9.17, 15) is 27.6 Å². The number of ketones is 1. The number of rotatable bonds is 2. The van der Waals surface area contributed by atoms with Crippen LogP contribution in [-0.4, -0.2) is 17.6 Å². The Morgan fingerprint density at radius 3 is 1.94 bits per heavy atom. The molecule has 18 heavy (non-hydrogen) atoms. The van der Waals surface area contributed by atoms with Gasteiger partial charge in [0.1, 0.15) is 0 Å². The van der Waals surface area contributed by atoms with Gasteiger partial charge in [0.05, 0.1) is 5.56 Å². The summed E-state index contributed by atoms with van der Waals surface area (Å²) in [6.45, 7) is 0.968. The second kappa shape index (κ2) is 4.99. The summed E-state index contributed by atoms with van der Waals surface area (Å²) >= 11 is 0. The fourth-order valence-electron chi connectivity index (χ4n) is 1.07. The number of carbonyl (C=O) groups excluding carboxylic acids is 3. The zero-order chi connectivity index (χ0) is 13.9. The summed E-state index contributed by atoms with van der Waals surface area (Å²) in [4.78, 5) is 32.8. The molecule has 0 heterocycles. The predicted molar refractivity (Wildman–Crippen MR) is 54.6 cm³/mol. The average Bonchev–Trinajstić information content (AvgIpc) is 2.27. The van der Waals surface area contributed by atoms with Crippen LogP contribution in [0.3, 0.4) is 0 Å². The van der Waals surface area contributed by atoms with Crippen LogP contribution in [0.25, 0.3) is 0 Å². The molecule has 0 aliphatic heterocycles. The molecule has 4 nitrogen and oxygen atoms in total. The Hall–Kier alpha value is -2.18. The molecule has 0 unspecified atom stereocenters. The van der Waals surface area contributed by atoms with Crippen LogP contribution >= 0.6 is 0 Å². The molecule has 1 N–H and O–H groups in total. The van der Waals surface area contributed by atoms with Crippen LogP contribution in [-0.2, 0) is 15.8 Å². The molecule has 0 fully saturated rings. The van der Waals surface area contributed by atoms with Crippen molar-refractivity contribution in [2.24, 2.45) is 0 Å².